The van der Waals surface area contributed by atoms with Gasteiger partial charge in [0.2, 0.25) is 11.8 Å². The SMILES string of the molecule is Cc1oc(-c2ccsc2)nc1CC(=O)N1Cc2ccccc2C(C(=O)O)C1. The number of carbonyl (C=O) groups excluding carboxylic acids is 1. The molecule has 1 unspecified atom stereocenters. The Morgan fingerprint density at radius 2 is 2.15 bits per heavy atom. The van der Waals surface area contributed by atoms with Gasteiger partial charge in [0.1, 0.15) is 5.76 Å². The van der Waals surface area contributed by atoms with Crippen LogP contribution >= 0.6 is 11.3 Å². The number of aliphatic carboxylic acids is 1. The molecule has 3 heterocycles. The maximum Gasteiger partial charge on any atom is 0.312 e. The van der Waals surface area contributed by atoms with Gasteiger partial charge in [0, 0.05) is 24.0 Å². The summed E-state index contributed by atoms with van der Waals surface area (Å²) in [7, 11) is 0. The molecular weight excluding hydrogens is 364 g/mol. The van der Waals surface area contributed by atoms with Gasteiger partial charge >= 0.3 is 5.97 Å². The molecule has 1 aliphatic heterocycles. The van der Waals surface area contributed by atoms with Crippen LogP contribution in [0.25, 0.3) is 11.5 Å². The second kappa shape index (κ2) is 7.00. The number of carboxylic acid groups (broad SMARTS) is 1. The van der Waals surface area contributed by atoms with Crippen LogP contribution in [0.1, 0.15) is 28.5 Å². The molecule has 7 heteroatoms. The van der Waals surface area contributed by atoms with Crippen LogP contribution in [0.4, 0.5) is 0 Å². The van der Waals surface area contributed by atoms with E-state index in [1.165, 1.54) is 0 Å². The van der Waals surface area contributed by atoms with Crippen LogP contribution in [-0.2, 0) is 22.6 Å². The highest BCUT2D eigenvalue weighted by molar-refractivity contribution is 7.08. The molecule has 0 radical (unpaired) electrons. The third-order valence-electron chi connectivity index (χ3n) is 4.82. The fourth-order valence-electron chi connectivity index (χ4n) is 3.36. The van der Waals surface area contributed by atoms with E-state index < -0.39 is 11.9 Å². The molecular formula is C20H18N2O4S. The van der Waals surface area contributed by atoms with Crippen LogP contribution in [0.3, 0.4) is 0 Å². The molecule has 1 aliphatic rings. The fourth-order valence-corrected chi connectivity index (χ4v) is 3.99. The van der Waals surface area contributed by atoms with Gasteiger partial charge in [-0.05, 0) is 29.5 Å². The minimum atomic E-state index is -0.919. The van der Waals surface area contributed by atoms with E-state index in [1.54, 1.807) is 23.2 Å². The van der Waals surface area contributed by atoms with E-state index in [2.05, 4.69) is 4.98 Å². The highest BCUT2D eigenvalue weighted by Crippen LogP contribution is 2.29. The molecule has 1 N–H and O–H groups in total. The Morgan fingerprint density at radius 1 is 1.33 bits per heavy atom. The average molecular weight is 382 g/mol. The quantitative estimate of drug-likeness (QED) is 0.747. The van der Waals surface area contributed by atoms with E-state index in [1.807, 2.05) is 41.1 Å². The third kappa shape index (κ3) is 3.38. The molecule has 1 amide bonds. The van der Waals surface area contributed by atoms with Crippen molar-refractivity contribution in [2.45, 2.75) is 25.8 Å². The predicted octanol–water partition coefficient (Wildman–Crippen LogP) is 3.46. The Bertz CT molecular complexity index is 993. The van der Waals surface area contributed by atoms with Crippen LogP contribution in [0.2, 0.25) is 0 Å². The second-order valence-electron chi connectivity index (χ2n) is 6.57. The first-order chi connectivity index (χ1) is 13.0. The van der Waals surface area contributed by atoms with Crippen molar-refractivity contribution in [1.82, 2.24) is 9.88 Å². The normalized spacial score (nSPS) is 16.2. The van der Waals surface area contributed by atoms with Crippen LogP contribution in [0.5, 0.6) is 0 Å². The number of thiophene rings is 1. The topological polar surface area (TPSA) is 83.6 Å². The van der Waals surface area contributed by atoms with E-state index in [-0.39, 0.29) is 18.9 Å². The summed E-state index contributed by atoms with van der Waals surface area (Å²) in [5.74, 6) is -0.666. The number of rotatable bonds is 4. The molecule has 0 bridgehead atoms. The van der Waals surface area contributed by atoms with Crippen molar-refractivity contribution < 1.29 is 19.1 Å². The number of hydrogen-bond acceptors (Lipinski definition) is 5. The number of amides is 1. The number of carbonyl (C=O) groups is 2. The van der Waals surface area contributed by atoms with Crippen LogP contribution in [0.15, 0.2) is 45.5 Å². The van der Waals surface area contributed by atoms with Gasteiger partial charge in [0.25, 0.3) is 0 Å². The number of oxazole rings is 1. The average Bonchev–Trinajstić information content (AvgIpc) is 3.31. The largest absolute Gasteiger partial charge is 0.481 e. The van der Waals surface area contributed by atoms with Crippen molar-refractivity contribution in [2.24, 2.45) is 0 Å². The van der Waals surface area contributed by atoms with E-state index in [9.17, 15) is 14.7 Å². The van der Waals surface area contributed by atoms with Gasteiger partial charge in [-0.1, -0.05) is 24.3 Å². The van der Waals surface area contributed by atoms with E-state index in [0.29, 0.717) is 23.9 Å². The molecule has 3 aromatic rings. The fraction of sp³-hybridized carbons (Fsp3) is 0.250. The Labute approximate surface area is 160 Å². The van der Waals surface area contributed by atoms with Gasteiger partial charge in [0.05, 0.1) is 18.0 Å². The van der Waals surface area contributed by atoms with Gasteiger partial charge in [-0.3, -0.25) is 9.59 Å². The lowest BCUT2D eigenvalue weighted by molar-refractivity contribution is -0.141. The van der Waals surface area contributed by atoms with Crippen LogP contribution in [-0.4, -0.2) is 33.4 Å². The van der Waals surface area contributed by atoms with Crippen molar-refractivity contribution in [3.63, 3.8) is 0 Å². The zero-order valence-electron chi connectivity index (χ0n) is 14.7. The highest BCUT2D eigenvalue weighted by Gasteiger charge is 2.32. The van der Waals surface area contributed by atoms with Gasteiger partial charge < -0.3 is 14.4 Å². The molecule has 6 nitrogen and oxygen atoms in total. The first kappa shape index (κ1) is 17.5. The molecule has 4 rings (SSSR count). The Balaban J connectivity index is 1.55. The van der Waals surface area contributed by atoms with Gasteiger partial charge in [-0.25, -0.2) is 4.98 Å². The number of nitrogens with zero attached hydrogens (tertiary/aromatic N) is 2. The summed E-state index contributed by atoms with van der Waals surface area (Å²) in [5, 5.41) is 13.4. The number of aromatic nitrogens is 1. The van der Waals surface area contributed by atoms with Crippen LogP contribution in [0, 0.1) is 6.92 Å². The predicted molar refractivity (Wildman–Crippen MR) is 100 cm³/mol. The zero-order valence-corrected chi connectivity index (χ0v) is 15.5. The number of aryl methyl sites for hydroxylation is 1. The minimum Gasteiger partial charge on any atom is -0.481 e. The summed E-state index contributed by atoms with van der Waals surface area (Å²) < 4.78 is 5.69. The van der Waals surface area contributed by atoms with E-state index in [4.69, 9.17) is 4.42 Å². The molecule has 0 saturated heterocycles. The zero-order chi connectivity index (χ0) is 19.0. The monoisotopic (exact) mass is 382 g/mol. The van der Waals surface area contributed by atoms with Crippen molar-refractivity contribution in [2.75, 3.05) is 6.54 Å². The van der Waals surface area contributed by atoms with Gasteiger partial charge in [-0.15, -0.1) is 0 Å². The van der Waals surface area contributed by atoms with Crippen molar-refractivity contribution in [1.29, 1.82) is 0 Å². The third-order valence-corrected chi connectivity index (χ3v) is 5.51. The number of hydrogen-bond donors (Lipinski definition) is 1. The lowest BCUT2D eigenvalue weighted by Crippen LogP contribution is -2.41. The molecule has 1 atom stereocenters. The summed E-state index contributed by atoms with van der Waals surface area (Å²) in [6.45, 7) is 2.36. The molecule has 138 valence electrons. The first-order valence-electron chi connectivity index (χ1n) is 8.60. The van der Waals surface area contributed by atoms with Crippen molar-refractivity contribution >= 4 is 23.2 Å². The lowest BCUT2D eigenvalue weighted by atomic mass is 9.89. The first-order valence-corrected chi connectivity index (χ1v) is 9.54. The molecule has 2 aromatic heterocycles. The maximum absolute atomic E-state index is 12.8. The summed E-state index contributed by atoms with van der Waals surface area (Å²) in [6, 6.07) is 9.31. The summed E-state index contributed by atoms with van der Waals surface area (Å²) in [6.07, 6.45) is 0.0912. The molecule has 0 aliphatic carbocycles. The Kier molecular flexibility index (Phi) is 4.53. The second-order valence-corrected chi connectivity index (χ2v) is 7.35. The smallest absolute Gasteiger partial charge is 0.312 e. The molecule has 0 spiro atoms. The number of carboxylic acids is 1. The van der Waals surface area contributed by atoms with E-state index in [0.717, 1.165) is 16.7 Å². The summed E-state index contributed by atoms with van der Waals surface area (Å²) >= 11 is 1.55. The van der Waals surface area contributed by atoms with E-state index >= 15 is 0 Å². The maximum atomic E-state index is 12.8. The number of benzene rings is 1. The van der Waals surface area contributed by atoms with Crippen molar-refractivity contribution in [3.8, 4) is 11.5 Å². The Hall–Kier alpha value is -2.93. The number of fused-ring (bicyclic) bond motifs is 1. The highest BCUT2D eigenvalue weighted by atomic mass is 32.1. The lowest BCUT2D eigenvalue weighted by Gasteiger charge is -2.32. The van der Waals surface area contributed by atoms with Crippen LogP contribution < -0.4 is 0 Å². The summed E-state index contributed by atoms with van der Waals surface area (Å²) in [5.41, 5.74) is 3.14. The summed E-state index contributed by atoms with van der Waals surface area (Å²) in [4.78, 5) is 30.6. The van der Waals surface area contributed by atoms with Gasteiger partial charge in [-0.2, -0.15) is 11.3 Å². The molecule has 0 saturated carbocycles. The minimum absolute atomic E-state index is 0.0912. The molecule has 0 fully saturated rings. The standard InChI is InChI=1S/C20H18N2O4S/c1-12-17(21-19(26-12)14-6-7-27-11-14)8-18(23)22-9-13-4-2-3-5-15(13)16(10-22)20(24)25/h2-7,11,16H,8-10H2,1H3,(H,24,25). The molecule has 27 heavy (non-hydrogen) atoms. The molecule has 1 aromatic carbocycles. The van der Waals surface area contributed by atoms with Gasteiger partial charge in [0.15, 0.2) is 0 Å². The Morgan fingerprint density at radius 3 is 2.89 bits per heavy atom. The van der Waals surface area contributed by atoms with Crippen molar-refractivity contribution in [3.05, 3.63) is 63.7 Å².